The number of carbonyl (C=O) groups is 2. The molecule has 4 rings (SSSR count). The Labute approximate surface area is 172 Å². The van der Waals surface area contributed by atoms with Crippen molar-refractivity contribution >= 4 is 38.6 Å². The van der Waals surface area contributed by atoms with Gasteiger partial charge in [-0.05, 0) is 41.7 Å². The van der Waals surface area contributed by atoms with Crippen molar-refractivity contribution in [1.82, 2.24) is 4.57 Å². The monoisotopic (exact) mass is 439 g/mol. The first-order chi connectivity index (χ1) is 13.3. The van der Waals surface area contributed by atoms with Crippen LogP contribution in [-0.2, 0) is 17.7 Å². The quantitative estimate of drug-likeness (QED) is 0.513. The molecule has 2 aromatic carbocycles. The van der Waals surface area contributed by atoms with Crippen LogP contribution in [0.3, 0.4) is 0 Å². The average molecular weight is 440 g/mol. The van der Waals surface area contributed by atoms with Gasteiger partial charge in [-0.3, -0.25) is 4.79 Å². The SMILES string of the molecule is COC(=O)c1ccc(Cn2c3c(c4ccc(Br)cc42)C(=O)CC(C)(C)C3)cc1. The van der Waals surface area contributed by atoms with Crippen LogP contribution in [-0.4, -0.2) is 23.4 Å². The molecular weight excluding hydrogens is 418 g/mol. The maximum absolute atomic E-state index is 12.9. The van der Waals surface area contributed by atoms with E-state index in [1.807, 2.05) is 24.3 Å². The van der Waals surface area contributed by atoms with Gasteiger partial charge in [0, 0.05) is 34.1 Å². The number of esters is 1. The summed E-state index contributed by atoms with van der Waals surface area (Å²) in [6.07, 6.45) is 1.43. The molecular formula is C23H22BrNO3. The van der Waals surface area contributed by atoms with Gasteiger partial charge in [0.2, 0.25) is 0 Å². The van der Waals surface area contributed by atoms with Gasteiger partial charge in [0.15, 0.2) is 5.78 Å². The number of ether oxygens (including phenoxy) is 1. The maximum atomic E-state index is 12.9. The number of hydrogen-bond donors (Lipinski definition) is 0. The highest BCUT2D eigenvalue weighted by Crippen LogP contribution is 2.40. The van der Waals surface area contributed by atoms with E-state index in [1.165, 1.54) is 7.11 Å². The highest BCUT2D eigenvalue weighted by atomic mass is 79.9. The summed E-state index contributed by atoms with van der Waals surface area (Å²) in [7, 11) is 1.38. The lowest BCUT2D eigenvalue weighted by atomic mass is 9.75. The fraction of sp³-hybridized carbons (Fsp3) is 0.304. The molecule has 0 N–H and O–H groups in total. The Morgan fingerprint density at radius 1 is 1.14 bits per heavy atom. The van der Waals surface area contributed by atoms with Crippen LogP contribution < -0.4 is 0 Å². The van der Waals surface area contributed by atoms with E-state index in [4.69, 9.17) is 4.74 Å². The number of hydrogen-bond acceptors (Lipinski definition) is 3. The molecule has 0 bridgehead atoms. The minimum absolute atomic E-state index is 0.0534. The number of methoxy groups -OCH3 is 1. The van der Waals surface area contributed by atoms with Crippen LogP contribution in [0.5, 0.6) is 0 Å². The van der Waals surface area contributed by atoms with Crippen molar-refractivity contribution in [2.45, 2.75) is 33.2 Å². The van der Waals surface area contributed by atoms with Gasteiger partial charge in [-0.1, -0.05) is 48.0 Å². The Morgan fingerprint density at radius 3 is 2.54 bits per heavy atom. The van der Waals surface area contributed by atoms with E-state index in [-0.39, 0.29) is 17.2 Å². The first-order valence-electron chi connectivity index (χ1n) is 9.30. The fourth-order valence-electron chi connectivity index (χ4n) is 4.14. The minimum atomic E-state index is -0.341. The number of fused-ring (bicyclic) bond motifs is 3. The van der Waals surface area contributed by atoms with Gasteiger partial charge >= 0.3 is 5.97 Å². The van der Waals surface area contributed by atoms with Crippen molar-refractivity contribution in [3.63, 3.8) is 0 Å². The van der Waals surface area contributed by atoms with E-state index in [2.05, 4.69) is 40.4 Å². The molecule has 0 radical (unpaired) electrons. The van der Waals surface area contributed by atoms with Crippen molar-refractivity contribution in [2.75, 3.05) is 7.11 Å². The zero-order valence-corrected chi connectivity index (χ0v) is 17.8. The van der Waals surface area contributed by atoms with E-state index in [1.54, 1.807) is 12.1 Å². The van der Waals surface area contributed by atoms with Crippen molar-refractivity contribution in [1.29, 1.82) is 0 Å². The van der Waals surface area contributed by atoms with Gasteiger partial charge in [-0.2, -0.15) is 0 Å². The van der Waals surface area contributed by atoms with E-state index in [9.17, 15) is 9.59 Å². The second-order valence-electron chi connectivity index (χ2n) is 8.20. The summed E-state index contributed by atoms with van der Waals surface area (Å²) in [4.78, 5) is 24.6. The van der Waals surface area contributed by atoms with Crippen LogP contribution in [0.2, 0.25) is 0 Å². The van der Waals surface area contributed by atoms with E-state index in [0.717, 1.165) is 38.6 Å². The number of rotatable bonds is 3. The summed E-state index contributed by atoms with van der Waals surface area (Å²) in [6.45, 7) is 4.95. The lowest BCUT2D eigenvalue weighted by molar-refractivity contribution is 0.0600. The first kappa shape index (κ1) is 18.9. The fourth-order valence-corrected chi connectivity index (χ4v) is 4.49. The zero-order valence-electron chi connectivity index (χ0n) is 16.2. The Morgan fingerprint density at radius 2 is 1.86 bits per heavy atom. The number of ketones is 1. The highest BCUT2D eigenvalue weighted by molar-refractivity contribution is 9.10. The molecule has 0 saturated carbocycles. The molecule has 0 saturated heterocycles. The largest absolute Gasteiger partial charge is 0.465 e. The summed E-state index contributed by atoms with van der Waals surface area (Å²) in [5, 5.41) is 1.02. The second kappa shape index (κ2) is 6.89. The molecule has 1 aliphatic carbocycles. The van der Waals surface area contributed by atoms with Crippen LogP contribution in [0.4, 0.5) is 0 Å². The third-order valence-electron chi connectivity index (χ3n) is 5.41. The van der Waals surface area contributed by atoms with Gasteiger partial charge in [0.25, 0.3) is 0 Å². The lowest BCUT2D eigenvalue weighted by Gasteiger charge is -2.30. The summed E-state index contributed by atoms with van der Waals surface area (Å²) in [5.41, 5.74) is 4.58. The number of aromatic nitrogens is 1. The number of carbonyl (C=O) groups excluding carboxylic acids is 2. The van der Waals surface area contributed by atoms with Gasteiger partial charge in [0.1, 0.15) is 0 Å². The van der Waals surface area contributed by atoms with Gasteiger partial charge in [0.05, 0.1) is 18.2 Å². The molecule has 0 fully saturated rings. The standard InChI is InChI=1S/C23H22BrNO3/c1-23(2)11-19-21(20(26)12-23)17-9-8-16(24)10-18(17)25(19)13-14-4-6-15(7-5-14)22(27)28-3/h4-10H,11-13H2,1-3H3. The van der Waals surface area contributed by atoms with Gasteiger partial charge in [-0.15, -0.1) is 0 Å². The normalized spacial score (nSPS) is 15.5. The number of Topliss-reactive ketones (excluding diaryl/α,β-unsaturated/α-hetero) is 1. The Balaban J connectivity index is 1.83. The zero-order chi connectivity index (χ0) is 20.1. The molecule has 3 aromatic rings. The van der Waals surface area contributed by atoms with Gasteiger partial charge in [-0.25, -0.2) is 4.79 Å². The molecule has 0 atom stereocenters. The van der Waals surface area contributed by atoms with E-state index >= 15 is 0 Å². The van der Waals surface area contributed by atoms with Crippen LogP contribution in [0.15, 0.2) is 46.9 Å². The molecule has 0 aliphatic heterocycles. The van der Waals surface area contributed by atoms with Crippen molar-refractivity contribution in [3.8, 4) is 0 Å². The third-order valence-corrected chi connectivity index (χ3v) is 5.91. The van der Waals surface area contributed by atoms with Crippen LogP contribution in [0, 0.1) is 5.41 Å². The summed E-state index contributed by atoms with van der Waals surface area (Å²) in [6, 6.07) is 13.6. The molecule has 4 nitrogen and oxygen atoms in total. The molecule has 144 valence electrons. The van der Waals surface area contributed by atoms with Crippen molar-refractivity contribution < 1.29 is 14.3 Å². The molecule has 1 aliphatic rings. The number of benzene rings is 2. The molecule has 0 amide bonds. The predicted octanol–water partition coefficient (Wildman–Crippen LogP) is 5.39. The van der Waals surface area contributed by atoms with Crippen LogP contribution in [0.1, 0.15) is 52.2 Å². The second-order valence-corrected chi connectivity index (χ2v) is 9.11. The van der Waals surface area contributed by atoms with Crippen LogP contribution in [0.25, 0.3) is 10.9 Å². The van der Waals surface area contributed by atoms with Gasteiger partial charge < -0.3 is 9.30 Å². The summed E-state index contributed by atoms with van der Waals surface area (Å²) < 4.78 is 8.02. The Bertz CT molecular complexity index is 1090. The smallest absolute Gasteiger partial charge is 0.337 e. The summed E-state index contributed by atoms with van der Waals surface area (Å²) >= 11 is 3.57. The average Bonchev–Trinajstić information content (AvgIpc) is 2.93. The molecule has 1 aromatic heterocycles. The first-order valence-corrected chi connectivity index (χ1v) is 10.1. The summed E-state index contributed by atoms with van der Waals surface area (Å²) in [5.74, 6) is -0.120. The Hall–Kier alpha value is -2.40. The number of nitrogens with zero attached hydrogens (tertiary/aromatic N) is 1. The lowest BCUT2D eigenvalue weighted by Crippen LogP contribution is -2.28. The molecule has 28 heavy (non-hydrogen) atoms. The molecule has 5 heteroatoms. The maximum Gasteiger partial charge on any atom is 0.337 e. The van der Waals surface area contributed by atoms with Crippen molar-refractivity contribution in [3.05, 3.63) is 69.3 Å². The predicted molar refractivity (Wildman–Crippen MR) is 113 cm³/mol. The van der Waals surface area contributed by atoms with E-state index in [0.29, 0.717) is 18.5 Å². The minimum Gasteiger partial charge on any atom is -0.465 e. The molecule has 0 unspecified atom stereocenters. The van der Waals surface area contributed by atoms with E-state index < -0.39 is 0 Å². The van der Waals surface area contributed by atoms with Crippen molar-refractivity contribution in [2.24, 2.45) is 5.41 Å². The number of halogens is 1. The topological polar surface area (TPSA) is 48.3 Å². The highest BCUT2D eigenvalue weighted by Gasteiger charge is 2.35. The molecule has 1 heterocycles. The molecule has 0 spiro atoms. The Kier molecular flexibility index (Phi) is 4.66. The van der Waals surface area contributed by atoms with Crippen LogP contribution >= 0.6 is 15.9 Å². The third kappa shape index (κ3) is 3.28.